The number of imidazole rings is 1. The minimum absolute atomic E-state index is 0.809. The molecule has 5 nitrogen and oxygen atoms in total. The zero-order chi connectivity index (χ0) is 13.3. The van der Waals surface area contributed by atoms with E-state index < -0.39 is 0 Å². The van der Waals surface area contributed by atoms with Crippen LogP contribution in [0.25, 0.3) is 33.6 Å². The molecular weight excluding hydrogens is 252 g/mol. The minimum atomic E-state index is 0.809. The van der Waals surface area contributed by atoms with Crippen molar-refractivity contribution in [1.29, 1.82) is 0 Å². The van der Waals surface area contributed by atoms with Crippen LogP contribution in [0.4, 0.5) is 0 Å². The van der Waals surface area contributed by atoms with E-state index in [-0.39, 0.29) is 0 Å². The molecule has 4 aromatic heterocycles. The molecule has 0 radical (unpaired) electrons. The molecule has 0 bridgehead atoms. The van der Waals surface area contributed by atoms with Gasteiger partial charge in [-0.15, -0.1) is 0 Å². The Morgan fingerprint density at radius 2 is 2.05 bits per heavy atom. The van der Waals surface area contributed by atoms with E-state index in [9.17, 15) is 0 Å². The van der Waals surface area contributed by atoms with Crippen molar-refractivity contribution in [2.24, 2.45) is 7.05 Å². The van der Waals surface area contributed by atoms with Crippen LogP contribution in [-0.4, -0.2) is 14.5 Å². The second kappa shape index (κ2) is 3.25. The molecule has 0 saturated carbocycles. The molecule has 0 spiro atoms. The van der Waals surface area contributed by atoms with Crippen LogP contribution in [-0.2, 0) is 13.6 Å². The van der Waals surface area contributed by atoms with Crippen molar-refractivity contribution in [2.75, 3.05) is 0 Å². The molecule has 5 heteroatoms. The fourth-order valence-electron chi connectivity index (χ4n) is 3.23. The van der Waals surface area contributed by atoms with Crippen LogP contribution in [0.2, 0.25) is 0 Å². The number of rotatable bonds is 0. The van der Waals surface area contributed by atoms with Gasteiger partial charge in [-0.3, -0.25) is 9.97 Å². The lowest BCUT2D eigenvalue weighted by Crippen LogP contribution is -2.31. The van der Waals surface area contributed by atoms with Crippen LogP contribution in [0.1, 0.15) is 5.56 Å². The maximum atomic E-state index is 6.01. The molecule has 20 heavy (non-hydrogen) atoms. The van der Waals surface area contributed by atoms with Gasteiger partial charge in [0.15, 0.2) is 5.58 Å². The maximum absolute atomic E-state index is 6.01. The van der Waals surface area contributed by atoms with Crippen molar-refractivity contribution in [3.05, 3.63) is 42.5 Å². The smallest absolute Gasteiger partial charge is 0.339 e. The van der Waals surface area contributed by atoms with Crippen molar-refractivity contribution in [3.63, 3.8) is 0 Å². The van der Waals surface area contributed by atoms with Gasteiger partial charge in [-0.2, -0.15) is 4.57 Å². The van der Waals surface area contributed by atoms with Gasteiger partial charge in [0, 0.05) is 24.2 Å². The summed E-state index contributed by atoms with van der Waals surface area (Å²) >= 11 is 0. The first kappa shape index (κ1) is 10.1. The van der Waals surface area contributed by atoms with E-state index >= 15 is 0 Å². The summed E-state index contributed by atoms with van der Waals surface area (Å²) in [4.78, 5) is 8.34. The fraction of sp³-hybridized carbons (Fsp3) is 0.133. The Labute approximate surface area is 114 Å². The van der Waals surface area contributed by atoms with E-state index in [0.29, 0.717) is 0 Å². The van der Waals surface area contributed by atoms with Crippen LogP contribution in [0, 0.1) is 0 Å². The van der Waals surface area contributed by atoms with Crippen LogP contribution in [0.15, 0.2) is 41.3 Å². The Balaban J connectivity index is 1.98. The first-order valence-corrected chi connectivity index (χ1v) is 6.52. The van der Waals surface area contributed by atoms with Crippen LogP contribution in [0.3, 0.4) is 0 Å². The standard InChI is InChI=1S/C15H11N4O/c1-18-13-11-3-5-17-7-12(11)20-15(13)19-8-9-6-16-4-2-10(9)14(18)19/h2-7H,8H2,1H3/q+1. The number of hydrogen-bond donors (Lipinski definition) is 0. The molecule has 0 atom stereocenters. The zero-order valence-electron chi connectivity index (χ0n) is 10.9. The molecule has 0 N–H and O–H groups in total. The minimum Gasteiger partial charge on any atom is -0.417 e. The van der Waals surface area contributed by atoms with E-state index in [0.717, 1.165) is 28.7 Å². The highest BCUT2D eigenvalue weighted by molar-refractivity contribution is 6.01. The summed E-state index contributed by atoms with van der Waals surface area (Å²) in [5.41, 5.74) is 5.33. The monoisotopic (exact) mass is 263 g/mol. The summed E-state index contributed by atoms with van der Waals surface area (Å²) in [5.74, 6) is 1.18. The molecule has 1 aliphatic heterocycles. The van der Waals surface area contributed by atoms with Gasteiger partial charge in [0.2, 0.25) is 5.52 Å². The predicted molar refractivity (Wildman–Crippen MR) is 73.0 cm³/mol. The van der Waals surface area contributed by atoms with Gasteiger partial charge in [0.05, 0.1) is 24.2 Å². The molecule has 0 aliphatic carbocycles. The summed E-state index contributed by atoms with van der Waals surface area (Å²) in [7, 11) is 2.08. The summed E-state index contributed by atoms with van der Waals surface area (Å²) in [6.07, 6.45) is 7.34. The molecule has 4 aromatic rings. The van der Waals surface area contributed by atoms with Crippen LogP contribution < -0.4 is 4.57 Å². The molecule has 5 heterocycles. The summed E-state index contributed by atoms with van der Waals surface area (Å²) < 4.78 is 10.4. The van der Waals surface area contributed by atoms with E-state index in [1.807, 2.05) is 18.5 Å². The molecule has 0 aromatic carbocycles. The zero-order valence-corrected chi connectivity index (χ0v) is 10.9. The van der Waals surface area contributed by atoms with Crippen molar-refractivity contribution in [3.8, 4) is 11.4 Å². The Morgan fingerprint density at radius 3 is 3.00 bits per heavy atom. The number of aryl methyl sites for hydroxylation is 1. The molecule has 0 unspecified atom stereocenters. The third-order valence-corrected chi connectivity index (χ3v) is 4.08. The lowest BCUT2D eigenvalue weighted by molar-refractivity contribution is -0.652. The summed E-state index contributed by atoms with van der Waals surface area (Å²) in [5, 5.41) is 1.11. The van der Waals surface area contributed by atoms with Gasteiger partial charge in [-0.25, -0.2) is 4.57 Å². The Kier molecular flexibility index (Phi) is 1.65. The molecule has 5 rings (SSSR count). The summed E-state index contributed by atoms with van der Waals surface area (Å²) in [6, 6.07) is 4.07. The third-order valence-electron chi connectivity index (χ3n) is 4.08. The highest BCUT2D eigenvalue weighted by Crippen LogP contribution is 2.34. The lowest BCUT2D eigenvalue weighted by atomic mass is 10.2. The van der Waals surface area contributed by atoms with Gasteiger partial charge >= 0.3 is 5.71 Å². The predicted octanol–water partition coefficient (Wildman–Crippen LogP) is 2.03. The molecule has 96 valence electrons. The average molecular weight is 263 g/mol. The van der Waals surface area contributed by atoms with Crippen LogP contribution >= 0.6 is 0 Å². The largest absolute Gasteiger partial charge is 0.417 e. The topological polar surface area (TPSA) is 47.7 Å². The first-order chi connectivity index (χ1) is 9.84. The highest BCUT2D eigenvalue weighted by atomic mass is 16.3. The Bertz CT molecular complexity index is 996. The summed E-state index contributed by atoms with van der Waals surface area (Å²) in [6.45, 7) is 0.809. The number of fused-ring (bicyclic) bond motifs is 7. The quantitative estimate of drug-likeness (QED) is 0.402. The lowest BCUT2D eigenvalue weighted by Gasteiger charge is -1.94. The Hall–Kier alpha value is -2.69. The van der Waals surface area contributed by atoms with Crippen molar-refractivity contribution >= 4 is 22.2 Å². The van der Waals surface area contributed by atoms with Gasteiger partial charge in [0.1, 0.15) is 6.54 Å². The van der Waals surface area contributed by atoms with Gasteiger partial charge < -0.3 is 4.42 Å². The van der Waals surface area contributed by atoms with Crippen molar-refractivity contribution in [1.82, 2.24) is 14.5 Å². The van der Waals surface area contributed by atoms with Crippen molar-refractivity contribution < 1.29 is 8.98 Å². The van der Waals surface area contributed by atoms with Gasteiger partial charge in [-0.05, 0) is 12.1 Å². The highest BCUT2D eigenvalue weighted by Gasteiger charge is 2.35. The number of pyridine rings is 2. The molecular formula is C15H11N4O+. The molecule has 1 aliphatic rings. The van der Waals surface area contributed by atoms with Crippen LogP contribution in [0.5, 0.6) is 0 Å². The van der Waals surface area contributed by atoms with E-state index in [4.69, 9.17) is 4.42 Å². The number of aromatic nitrogens is 4. The van der Waals surface area contributed by atoms with Gasteiger partial charge in [0.25, 0.3) is 5.82 Å². The van der Waals surface area contributed by atoms with E-state index in [1.54, 1.807) is 12.4 Å². The van der Waals surface area contributed by atoms with Gasteiger partial charge in [-0.1, -0.05) is 0 Å². The number of furan rings is 1. The normalized spacial score (nSPS) is 13.1. The fourth-order valence-corrected chi connectivity index (χ4v) is 3.23. The second-order valence-corrected chi connectivity index (χ2v) is 5.13. The average Bonchev–Trinajstić information content (AvgIpc) is 3.10. The van der Waals surface area contributed by atoms with E-state index in [1.165, 1.54) is 17.0 Å². The number of nitrogens with zero attached hydrogens (tertiary/aromatic N) is 4. The third kappa shape index (κ3) is 1.02. The SMILES string of the molecule is Cn1c2[n+](c3oc4cnccc4c31)Cc1cnccc1-2. The van der Waals surface area contributed by atoms with E-state index in [2.05, 4.69) is 32.2 Å². The maximum Gasteiger partial charge on any atom is 0.339 e. The second-order valence-electron chi connectivity index (χ2n) is 5.13. The first-order valence-electron chi connectivity index (χ1n) is 6.52. The number of hydrogen-bond acceptors (Lipinski definition) is 3. The molecule has 0 amide bonds. The van der Waals surface area contributed by atoms with Crippen molar-refractivity contribution in [2.45, 2.75) is 6.54 Å². The Morgan fingerprint density at radius 1 is 1.20 bits per heavy atom. The molecule has 0 saturated heterocycles. The molecule has 0 fully saturated rings.